The molecular formula is C6H8BrN3O. The summed E-state index contributed by atoms with van der Waals surface area (Å²) in [5.41, 5.74) is 0. The minimum absolute atomic E-state index is 0.428. The van der Waals surface area contributed by atoms with Crippen molar-refractivity contribution in [2.45, 2.75) is 25.5 Å². The number of hydrogen-bond donors (Lipinski definition) is 1. The average Bonchev–Trinajstić information content (AvgIpc) is 2.31. The third-order valence-electron chi connectivity index (χ3n) is 1.82. The Morgan fingerprint density at radius 1 is 1.64 bits per heavy atom. The van der Waals surface area contributed by atoms with E-state index in [1.54, 1.807) is 4.68 Å². The summed E-state index contributed by atoms with van der Waals surface area (Å²) in [5, 5.41) is 13.5. The Morgan fingerprint density at radius 2 is 2.45 bits per heavy atom. The highest BCUT2D eigenvalue weighted by Gasteiger charge is 2.20. The molecule has 4 nitrogen and oxygen atoms in total. The summed E-state index contributed by atoms with van der Waals surface area (Å²) < 4.78 is 2.31. The normalized spacial score (nSPS) is 23.3. The molecular weight excluding hydrogens is 210 g/mol. The van der Waals surface area contributed by atoms with Gasteiger partial charge in [0.1, 0.15) is 6.10 Å². The highest BCUT2D eigenvalue weighted by Crippen LogP contribution is 2.23. The summed E-state index contributed by atoms with van der Waals surface area (Å²) in [6, 6.07) is 0. The van der Waals surface area contributed by atoms with Crippen molar-refractivity contribution in [2.24, 2.45) is 0 Å². The summed E-state index contributed by atoms with van der Waals surface area (Å²) in [4.78, 5) is 4.05. The van der Waals surface area contributed by atoms with E-state index in [0.717, 1.165) is 19.4 Å². The van der Waals surface area contributed by atoms with Gasteiger partial charge in [0.15, 0.2) is 5.82 Å². The number of aliphatic hydroxyl groups excluding tert-OH is 1. The predicted molar refractivity (Wildman–Crippen MR) is 41.9 cm³/mol. The molecule has 60 valence electrons. The second kappa shape index (κ2) is 2.57. The molecule has 0 radical (unpaired) electrons. The zero-order chi connectivity index (χ0) is 7.84. The fraction of sp³-hybridized carbons (Fsp3) is 0.667. The van der Waals surface area contributed by atoms with Crippen LogP contribution in [0.3, 0.4) is 0 Å². The van der Waals surface area contributed by atoms with Gasteiger partial charge in [0, 0.05) is 6.54 Å². The molecule has 1 aromatic rings. The van der Waals surface area contributed by atoms with Gasteiger partial charge in [0.2, 0.25) is 4.73 Å². The van der Waals surface area contributed by atoms with E-state index in [4.69, 9.17) is 0 Å². The van der Waals surface area contributed by atoms with Crippen LogP contribution >= 0.6 is 15.9 Å². The van der Waals surface area contributed by atoms with Crippen LogP contribution in [-0.2, 0) is 6.54 Å². The number of nitrogens with zero attached hydrogens (tertiary/aromatic N) is 3. The van der Waals surface area contributed by atoms with Crippen LogP contribution in [0, 0.1) is 0 Å². The van der Waals surface area contributed by atoms with Crippen molar-refractivity contribution < 1.29 is 5.11 Å². The third-order valence-corrected chi connectivity index (χ3v) is 2.16. The molecule has 0 aromatic carbocycles. The van der Waals surface area contributed by atoms with Crippen molar-refractivity contribution in [3.63, 3.8) is 0 Å². The molecule has 1 aliphatic heterocycles. The van der Waals surface area contributed by atoms with Gasteiger partial charge in [-0.1, -0.05) is 0 Å². The number of hydrogen-bond acceptors (Lipinski definition) is 3. The van der Waals surface area contributed by atoms with Gasteiger partial charge in [-0.3, -0.25) is 0 Å². The monoisotopic (exact) mass is 217 g/mol. The summed E-state index contributed by atoms with van der Waals surface area (Å²) in [7, 11) is 0. The van der Waals surface area contributed by atoms with E-state index in [1.165, 1.54) is 0 Å². The first-order chi connectivity index (χ1) is 5.27. The van der Waals surface area contributed by atoms with Crippen LogP contribution in [0.4, 0.5) is 0 Å². The highest BCUT2D eigenvalue weighted by molar-refractivity contribution is 9.10. The summed E-state index contributed by atoms with van der Waals surface area (Å²) in [5.74, 6) is 0.683. The van der Waals surface area contributed by atoms with Gasteiger partial charge in [-0.2, -0.15) is 0 Å². The van der Waals surface area contributed by atoms with Gasteiger partial charge < -0.3 is 5.11 Å². The fourth-order valence-electron chi connectivity index (χ4n) is 1.30. The maximum Gasteiger partial charge on any atom is 0.217 e. The topological polar surface area (TPSA) is 50.9 Å². The number of aryl methyl sites for hydroxylation is 1. The van der Waals surface area contributed by atoms with E-state index in [9.17, 15) is 5.11 Å². The van der Waals surface area contributed by atoms with Crippen LogP contribution in [0.5, 0.6) is 0 Å². The predicted octanol–water partition coefficient (Wildman–Crippen LogP) is 0.868. The van der Waals surface area contributed by atoms with E-state index in [1.807, 2.05) is 0 Å². The van der Waals surface area contributed by atoms with Gasteiger partial charge >= 0.3 is 0 Å². The first kappa shape index (κ1) is 7.24. The molecule has 0 bridgehead atoms. The molecule has 2 heterocycles. The van der Waals surface area contributed by atoms with Crippen LogP contribution < -0.4 is 0 Å². The molecule has 0 unspecified atom stereocenters. The second-order valence-corrected chi connectivity index (χ2v) is 3.33. The number of aromatic nitrogens is 3. The summed E-state index contributed by atoms with van der Waals surface area (Å²) in [6.07, 6.45) is 1.34. The minimum atomic E-state index is -0.428. The van der Waals surface area contributed by atoms with Crippen LogP contribution in [0.25, 0.3) is 0 Å². The molecule has 5 heteroatoms. The summed E-state index contributed by atoms with van der Waals surface area (Å²) >= 11 is 3.17. The van der Waals surface area contributed by atoms with Crippen LogP contribution in [0.2, 0.25) is 0 Å². The Kier molecular flexibility index (Phi) is 1.69. The Bertz CT molecular complexity index is 273. The second-order valence-electron chi connectivity index (χ2n) is 2.62. The van der Waals surface area contributed by atoms with Crippen molar-refractivity contribution >= 4 is 15.9 Å². The van der Waals surface area contributed by atoms with Crippen molar-refractivity contribution in [1.82, 2.24) is 14.8 Å². The first-order valence-corrected chi connectivity index (χ1v) is 4.35. The quantitative estimate of drug-likeness (QED) is 0.702. The molecule has 1 atom stereocenters. The van der Waals surface area contributed by atoms with Crippen molar-refractivity contribution in [2.75, 3.05) is 0 Å². The number of fused-ring (bicyclic) bond motifs is 1. The molecule has 0 spiro atoms. The van der Waals surface area contributed by atoms with E-state index in [-0.39, 0.29) is 0 Å². The molecule has 1 aromatic heterocycles. The van der Waals surface area contributed by atoms with Gasteiger partial charge in [-0.25, -0.2) is 9.67 Å². The molecule has 0 fully saturated rings. The molecule has 0 saturated heterocycles. The van der Waals surface area contributed by atoms with Gasteiger partial charge in [-0.15, -0.1) is 5.10 Å². The molecule has 1 N–H and O–H groups in total. The standard InChI is InChI=1S/C6H8BrN3O/c7-6-8-5-4(11)2-1-3-10(5)9-6/h4,11H,1-3H2/t4-/m1/s1. The lowest BCUT2D eigenvalue weighted by Crippen LogP contribution is -2.16. The SMILES string of the molecule is O[C@@H]1CCCn2nc(Br)nc21. The van der Waals surface area contributed by atoms with Crippen LogP contribution in [0.15, 0.2) is 4.73 Å². The lowest BCUT2D eigenvalue weighted by molar-refractivity contribution is 0.130. The van der Waals surface area contributed by atoms with Gasteiger partial charge in [-0.05, 0) is 28.8 Å². The van der Waals surface area contributed by atoms with Gasteiger partial charge in [0.25, 0.3) is 0 Å². The van der Waals surface area contributed by atoms with Crippen molar-refractivity contribution in [3.8, 4) is 0 Å². The lowest BCUT2D eigenvalue weighted by Gasteiger charge is -2.16. The van der Waals surface area contributed by atoms with E-state index in [0.29, 0.717) is 10.6 Å². The van der Waals surface area contributed by atoms with E-state index in [2.05, 4.69) is 26.0 Å². The highest BCUT2D eigenvalue weighted by atomic mass is 79.9. The molecule has 11 heavy (non-hydrogen) atoms. The average molecular weight is 218 g/mol. The Morgan fingerprint density at radius 3 is 3.18 bits per heavy atom. The Balaban J connectivity index is 2.43. The zero-order valence-electron chi connectivity index (χ0n) is 5.87. The lowest BCUT2D eigenvalue weighted by atomic mass is 10.1. The maximum absolute atomic E-state index is 9.43. The third kappa shape index (κ3) is 1.18. The molecule has 0 amide bonds. The maximum atomic E-state index is 9.43. The smallest absolute Gasteiger partial charge is 0.217 e. The fourth-order valence-corrected chi connectivity index (χ4v) is 1.67. The van der Waals surface area contributed by atoms with Crippen LogP contribution in [0.1, 0.15) is 24.8 Å². The van der Waals surface area contributed by atoms with Gasteiger partial charge in [0.05, 0.1) is 0 Å². The van der Waals surface area contributed by atoms with E-state index < -0.39 is 6.10 Å². The van der Waals surface area contributed by atoms with E-state index >= 15 is 0 Å². The first-order valence-electron chi connectivity index (χ1n) is 3.55. The molecule has 2 rings (SSSR count). The molecule has 0 aliphatic carbocycles. The van der Waals surface area contributed by atoms with Crippen molar-refractivity contribution in [3.05, 3.63) is 10.6 Å². The Hall–Kier alpha value is -0.420. The zero-order valence-corrected chi connectivity index (χ0v) is 7.45. The molecule has 1 aliphatic rings. The van der Waals surface area contributed by atoms with Crippen molar-refractivity contribution in [1.29, 1.82) is 0 Å². The molecule has 0 saturated carbocycles. The number of halogens is 1. The minimum Gasteiger partial charge on any atom is -0.385 e. The van der Waals surface area contributed by atoms with Crippen LogP contribution in [-0.4, -0.2) is 19.9 Å². The Labute approximate surface area is 72.4 Å². The summed E-state index contributed by atoms with van der Waals surface area (Å²) in [6.45, 7) is 0.866. The number of aliphatic hydroxyl groups is 1. The number of rotatable bonds is 0. The largest absolute Gasteiger partial charge is 0.385 e.